The maximum Gasteiger partial charge on any atom is 0.239 e. The van der Waals surface area contributed by atoms with E-state index in [2.05, 4.69) is 34.8 Å². The lowest BCUT2D eigenvalue weighted by atomic mass is 10.0. The predicted octanol–water partition coefficient (Wildman–Crippen LogP) is 0.350. The van der Waals surface area contributed by atoms with E-state index in [1.165, 1.54) is 0 Å². The van der Waals surface area contributed by atoms with Gasteiger partial charge < -0.3 is 20.7 Å². The molecule has 6 heteroatoms. The summed E-state index contributed by atoms with van der Waals surface area (Å²) in [5, 5.41) is 8.95. The van der Waals surface area contributed by atoms with E-state index in [4.69, 9.17) is 4.74 Å². The molecule has 0 aromatic carbocycles. The molecule has 0 spiro atoms. The molecule has 0 radical (unpaired) electrons. The second-order valence-electron chi connectivity index (χ2n) is 4.33. The number of hydrogen-bond donors (Lipinski definition) is 3. The maximum atomic E-state index is 11.5. The average Bonchev–Trinajstić information content (AvgIpc) is 2.43. The van der Waals surface area contributed by atoms with Crippen molar-refractivity contribution in [1.82, 2.24) is 16.0 Å². The van der Waals surface area contributed by atoms with Gasteiger partial charge in [-0.2, -0.15) is 0 Å². The third-order valence-electron chi connectivity index (χ3n) is 2.98. The van der Waals surface area contributed by atoms with E-state index in [0.29, 0.717) is 25.0 Å². The summed E-state index contributed by atoms with van der Waals surface area (Å²) in [6, 6.07) is 0. The van der Waals surface area contributed by atoms with E-state index in [-0.39, 0.29) is 12.5 Å². The first-order chi connectivity index (χ1) is 9.17. The Balaban J connectivity index is 3.84. The molecule has 1 amide bonds. The summed E-state index contributed by atoms with van der Waals surface area (Å²) < 4.78 is 4.86. The first-order valence-electron chi connectivity index (χ1n) is 6.88. The van der Waals surface area contributed by atoms with Crippen LogP contribution in [0.25, 0.3) is 0 Å². The lowest BCUT2D eigenvalue weighted by Gasteiger charge is -2.16. The first-order valence-corrected chi connectivity index (χ1v) is 6.88. The minimum absolute atomic E-state index is 0.0671. The van der Waals surface area contributed by atoms with Crippen molar-refractivity contribution in [2.24, 2.45) is 10.9 Å². The second-order valence-corrected chi connectivity index (χ2v) is 4.33. The zero-order valence-corrected chi connectivity index (χ0v) is 12.6. The summed E-state index contributed by atoms with van der Waals surface area (Å²) in [4.78, 5) is 15.6. The van der Waals surface area contributed by atoms with Crippen molar-refractivity contribution in [3.05, 3.63) is 0 Å². The van der Waals surface area contributed by atoms with Crippen LogP contribution in [-0.2, 0) is 9.53 Å². The van der Waals surface area contributed by atoms with Crippen molar-refractivity contribution in [3.63, 3.8) is 0 Å². The number of guanidine groups is 1. The largest absolute Gasteiger partial charge is 0.383 e. The van der Waals surface area contributed by atoms with E-state index in [9.17, 15) is 4.79 Å². The minimum Gasteiger partial charge on any atom is -0.383 e. The van der Waals surface area contributed by atoms with Gasteiger partial charge in [-0.15, -0.1) is 0 Å². The fourth-order valence-electron chi connectivity index (χ4n) is 1.56. The Bertz CT molecular complexity index is 265. The molecule has 0 aromatic rings. The molecule has 0 unspecified atom stereocenters. The highest BCUT2D eigenvalue weighted by atomic mass is 16.5. The maximum absolute atomic E-state index is 11.5. The summed E-state index contributed by atoms with van der Waals surface area (Å²) in [5.41, 5.74) is 0. The molecule has 19 heavy (non-hydrogen) atoms. The molecule has 0 fully saturated rings. The molecule has 112 valence electrons. The Kier molecular flexibility index (Phi) is 11.0. The average molecular weight is 272 g/mol. The van der Waals surface area contributed by atoms with Crippen molar-refractivity contribution in [3.8, 4) is 0 Å². The summed E-state index contributed by atoms with van der Waals surface area (Å²) in [7, 11) is 3.30. The van der Waals surface area contributed by atoms with Gasteiger partial charge in [0.2, 0.25) is 5.91 Å². The van der Waals surface area contributed by atoms with Gasteiger partial charge >= 0.3 is 0 Å². The molecule has 0 heterocycles. The highest BCUT2D eigenvalue weighted by Crippen LogP contribution is 2.04. The van der Waals surface area contributed by atoms with E-state index in [0.717, 1.165) is 19.4 Å². The Morgan fingerprint density at radius 1 is 1.21 bits per heavy atom. The minimum atomic E-state index is -0.0671. The van der Waals surface area contributed by atoms with Crippen molar-refractivity contribution >= 4 is 11.9 Å². The molecule has 0 saturated carbocycles. The van der Waals surface area contributed by atoms with Crippen LogP contribution in [0.3, 0.4) is 0 Å². The Morgan fingerprint density at radius 3 is 2.42 bits per heavy atom. The van der Waals surface area contributed by atoms with Gasteiger partial charge in [0.25, 0.3) is 0 Å². The van der Waals surface area contributed by atoms with Crippen LogP contribution >= 0.6 is 0 Å². The normalized spacial score (nSPS) is 11.5. The topological polar surface area (TPSA) is 74.8 Å². The molecular formula is C13H28N4O2. The first kappa shape index (κ1) is 17.7. The van der Waals surface area contributed by atoms with Gasteiger partial charge in [0.15, 0.2) is 5.96 Å². The number of carbonyl (C=O) groups excluding carboxylic acids is 1. The molecule has 0 aliphatic heterocycles. The standard InChI is InChI=1S/C13H28N4O2/c1-5-11(6-2)9-16-13(14-3)17-10-12(18)15-7-8-19-4/h11H,5-10H2,1-4H3,(H,15,18)(H2,14,16,17). The molecule has 0 atom stereocenters. The van der Waals surface area contributed by atoms with Crippen LogP contribution in [0.2, 0.25) is 0 Å². The number of methoxy groups -OCH3 is 1. The Morgan fingerprint density at radius 2 is 1.89 bits per heavy atom. The van der Waals surface area contributed by atoms with Crippen LogP contribution in [-0.4, -0.2) is 52.3 Å². The monoisotopic (exact) mass is 272 g/mol. The Labute approximate surface area is 116 Å². The molecular weight excluding hydrogens is 244 g/mol. The van der Waals surface area contributed by atoms with Crippen LogP contribution in [0.5, 0.6) is 0 Å². The van der Waals surface area contributed by atoms with E-state index in [1.807, 2.05) is 0 Å². The van der Waals surface area contributed by atoms with Crippen molar-refractivity contribution in [2.75, 3.05) is 40.4 Å². The summed E-state index contributed by atoms with van der Waals surface area (Å²) in [6.07, 6.45) is 2.27. The number of rotatable bonds is 9. The smallest absolute Gasteiger partial charge is 0.239 e. The third-order valence-corrected chi connectivity index (χ3v) is 2.98. The van der Waals surface area contributed by atoms with Gasteiger partial charge in [-0.3, -0.25) is 9.79 Å². The quantitative estimate of drug-likeness (QED) is 0.322. The van der Waals surface area contributed by atoms with Crippen LogP contribution in [0.4, 0.5) is 0 Å². The molecule has 3 N–H and O–H groups in total. The highest BCUT2D eigenvalue weighted by Gasteiger charge is 2.06. The van der Waals surface area contributed by atoms with Gasteiger partial charge in [-0.05, 0) is 5.92 Å². The summed E-state index contributed by atoms with van der Waals surface area (Å²) >= 11 is 0. The number of carbonyl (C=O) groups is 1. The van der Waals surface area contributed by atoms with Crippen molar-refractivity contribution in [1.29, 1.82) is 0 Å². The zero-order chi connectivity index (χ0) is 14.5. The van der Waals surface area contributed by atoms with Gasteiger partial charge in [-0.1, -0.05) is 26.7 Å². The number of nitrogens with zero attached hydrogens (tertiary/aromatic N) is 1. The summed E-state index contributed by atoms with van der Waals surface area (Å²) in [6.45, 7) is 6.49. The van der Waals surface area contributed by atoms with E-state index < -0.39 is 0 Å². The number of ether oxygens (including phenoxy) is 1. The fraction of sp³-hybridized carbons (Fsp3) is 0.846. The van der Waals surface area contributed by atoms with Gasteiger partial charge in [0, 0.05) is 27.2 Å². The lowest BCUT2D eigenvalue weighted by Crippen LogP contribution is -2.44. The number of hydrogen-bond acceptors (Lipinski definition) is 3. The van der Waals surface area contributed by atoms with Gasteiger partial charge in [0.05, 0.1) is 13.2 Å². The SMILES string of the molecule is CCC(CC)CNC(=NC)NCC(=O)NCCOC. The Hall–Kier alpha value is -1.30. The highest BCUT2D eigenvalue weighted by molar-refractivity contribution is 5.86. The van der Waals surface area contributed by atoms with Crippen molar-refractivity contribution < 1.29 is 9.53 Å². The van der Waals surface area contributed by atoms with Crippen molar-refractivity contribution in [2.45, 2.75) is 26.7 Å². The molecule has 0 bridgehead atoms. The molecule has 0 aliphatic carbocycles. The van der Waals surface area contributed by atoms with Gasteiger partial charge in [0.1, 0.15) is 0 Å². The van der Waals surface area contributed by atoms with E-state index >= 15 is 0 Å². The summed E-state index contributed by atoms with van der Waals surface area (Å²) in [5.74, 6) is 1.23. The zero-order valence-electron chi connectivity index (χ0n) is 12.6. The number of amides is 1. The van der Waals surface area contributed by atoms with Crippen LogP contribution in [0.1, 0.15) is 26.7 Å². The van der Waals surface area contributed by atoms with Gasteiger partial charge in [-0.25, -0.2) is 0 Å². The molecule has 0 aliphatic rings. The molecule has 0 rings (SSSR count). The van der Waals surface area contributed by atoms with E-state index in [1.54, 1.807) is 14.2 Å². The second kappa shape index (κ2) is 11.8. The lowest BCUT2D eigenvalue weighted by molar-refractivity contribution is -0.120. The predicted molar refractivity (Wildman–Crippen MR) is 78.3 cm³/mol. The van der Waals surface area contributed by atoms with Crippen LogP contribution < -0.4 is 16.0 Å². The van der Waals surface area contributed by atoms with Crippen LogP contribution in [0.15, 0.2) is 4.99 Å². The molecule has 0 saturated heterocycles. The fourth-order valence-corrected chi connectivity index (χ4v) is 1.56. The third kappa shape index (κ3) is 9.30. The number of nitrogens with one attached hydrogen (secondary N) is 3. The molecule has 6 nitrogen and oxygen atoms in total. The number of aliphatic imine (C=N–C) groups is 1. The van der Waals surface area contributed by atoms with Crippen LogP contribution in [0, 0.1) is 5.92 Å². The molecule has 0 aromatic heterocycles.